The van der Waals surface area contributed by atoms with Crippen molar-refractivity contribution in [2.45, 2.75) is 26.7 Å². The van der Waals surface area contributed by atoms with Crippen LogP contribution in [-0.4, -0.2) is 31.1 Å². The van der Waals surface area contributed by atoms with Gasteiger partial charge in [0.15, 0.2) is 0 Å². The van der Waals surface area contributed by atoms with E-state index in [2.05, 4.69) is 24.8 Å². The van der Waals surface area contributed by atoms with Crippen LogP contribution in [0, 0.1) is 5.92 Å². The third kappa shape index (κ3) is 3.92. The van der Waals surface area contributed by atoms with Gasteiger partial charge in [0.1, 0.15) is 0 Å². The summed E-state index contributed by atoms with van der Waals surface area (Å²) in [7, 11) is 0. The highest BCUT2D eigenvalue weighted by atomic mass is 15.1. The molecule has 1 atom stereocenters. The first-order chi connectivity index (χ1) is 6.22. The van der Waals surface area contributed by atoms with E-state index in [-0.39, 0.29) is 0 Å². The van der Waals surface area contributed by atoms with Crippen LogP contribution >= 0.6 is 0 Å². The highest BCUT2D eigenvalue weighted by molar-refractivity contribution is 5.04. The second-order valence-corrected chi connectivity index (χ2v) is 4.26. The van der Waals surface area contributed by atoms with Gasteiger partial charge in [0, 0.05) is 19.6 Å². The van der Waals surface area contributed by atoms with Crippen LogP contribution in [0.1, 0.15) is 26.7 Å². The van der Waals surface area contributed by atoms with E-state index in [0.29, 0.717) is 0 Å². The molecule has 1 aliphatic heterocycles. The zero-order chi connectivity index (χ0) is 9.68. The molecule has 0 bridgehead atoms. The molecule has 0 aromatic carbocycles. The Hall–Kier alpha value is -0.340. The highest BCUT2D eigenvalue weighted by Gasteiger charge is 2.12. The maximum atomic E-state index is 5.53. The lowest BCUT2D eigenvalue weighted by molar-refractivity contribution is 0.246. The van der Waals surface area contributed by atoms with Crippen LogP contribution in [0.3, 0.4) is 0 Å². The van der Waals surface area contributed by atoms with Crippen LogP contribution in [0.2, 0.25) is 0 Å². The fraction of sp³-hybridized carbons (Fsp3) is 0.818. The lowest BCUT2D eigenvalue weighted by Gasteiger charge is -2.28. The second-order valence-electron chi connectivity index (χ2n) is 4.26. The predicted molar refractivity (Wildman–Crippen MR) is 57.6 cm³/mol. The minimum absolute atomic E-state index is 0.746. The van der Waals surface area contributed by atoms with Crippen molar-refractivity contribution in [1.29, 1.82) is 0 Å². The Morgan fingerprint density at radius 3 is 3.00 bits per heavy atom. The zero-order valence-electron chi connectivity index (χ0n) is 8.92. The monoisotopic (exact) mass is 182 g/mol. The Morgan fingerprint density at radius 1 is 1.62 bits per heavy atom. The smallest absolute Gasteiger partial charge is 0.0190 e. The van der Waals surface area contributed by atoms with Gasteiger partial charge in [0.05, 0.1) is 0 Å². The van der Waals surface area contributed by atoms with Crippen LogP contribution < -0.4 is 5.73 Å². The van der Waals surface area contributed by atoms with Gasteiger partial charge in [-0.25, -0.2) is 0 Å². The first kappa shape index (κ1) is 10.7. The van der Waals surface area contributed by atoms with Gasteiger partial charge in [-0.1, -0.05) is 18.6 Å². The number of hydrogen-bond donors (Lipinski definition) is 1. The summed E-state index contributed by atoms with van der Waals surface area (Å²) in [5, 5.41) is 0. The standard InChI is InChI=1S/C11H22N2/c1-10-4-3-7-13(8-10)9-11(2)5-6-12/h4,11H,3,5-9,12H2,1-2H3. The fourth-order valence-corrected chi connectivity index (χ4v) is 1.96. The number of rotatable bonds is 4. The molecular weight excluding hydrogens is 160 g/mol. The lowest BCUT2D eigenvalue weighted by Crippen LogP contribution is -2.33. The van der Waals surface area contributed by atoms with Gasteiger partial charge in [-0.05, 0) is 32.2 Å². The van der Waals surface area contributed by atoms with Gasteiger partial charge in [-0.15, -0.1) is 0 Å². The minimum atomic E-state index is 0.746. The van der Waals surface area contributed by atoms with E-state index in [1.165, 1.54) is 25.1 Å². The van der Waals surface area contributed by atoms with Gasteiger partial charge in [-0.3, -0.25) is 4.90 Å². The molecule has 13 heavy (non-hydrogen) atoms. The van der Waals surface area contributed by atoms with Crippen molar-refractivity contribution in [2.24, 2.45) is 11.7 Å². The van der Waals surface area contributed by atoms with E-state index >= 15 is 0 Å². The van der Waals surface area contributed by atoms with E-state index in [1.807, 2.05) is 0 Å². The van der Waals surface area contributed by atoms with Gasteiger partial charge in [0.25, 0.3) is 0 Å². The highest BCUT2D eigenvalue weighted by Crippen LogP contribution is 2.11. The molecule has 0 radical (unpaired) electrons. The molecule has 1 aliphatic rings. The number of nitrogens with zero attached hydrogens (tertiary/aromatic N) is 1. The molecule has 1 unspecified atom stereocenters. The van der Waals surface area contributed by atoms with E-state index < -0.39 is 0 Å². The van der Waals surface area contributed by atoms with Crippen molar-refractivity contribution in [3.05, 3.63) is 11.6 Å². The Balaban J connectivity index is 2.25. The van der Waals surface area contributed by atoms with Crippen molar-refractivity contribution in [1.82, 2.24) is 4.90 Å². The molecule has 2 N–H and O–H groups in total. The summed E-state index contributed by atoms with van der Waals surface area (Å²) in [6, 6.07) is 0. The largest absolute Gasteiger partial charge is 0.330 e. The normalized spacial score (nSPS) is 21.3. The summed E-state index contributed by atoms with van der Waals surface area (Å²) in [5.74, 6) is 0.746. The van der Waals surface area contributed by atoms with Crippen LogP contribution in [0.15, 0.2) is 11.6 Å². The van der Waals surface area contributed by atoms with E-state index in [9.17, 15) is 0 Å². The zero-order valence-corrected chi connectivity index (χ0v) is 8.92. The maximum absolute atomic E-state index is 5.53. The van der Waals surface area contributed by atoms with Crippen LogP contribution in [0.5, 0.6) is 0 Å². The molecule has 1 rings (SSSR count). The summed E-state index contributed by atoms with van der Waals surface area (Å²) in [6.07, 6.45) is 4.73. The Morgan fingerprint density at radius 2 is 2.38 bits per heavy atom. The van der Waals surface area contributed by atoms with Gasteiger partial charge < -0.3 is 5.73 Å². The molecular formula is C11H22N2. The fourth-order valence-electron chi connectivity index (χ4n) is 1.96. The summed E-state index contributed by atoms with van der Waals surface area (Å²) < 4.78 is 0. The summed E-state index contributed by atoms with van der Waals surface area (Å²) in [6.45, 7) is 8.94. The van der Waals surface area contributed by atoms with Gasteiger partial charge in [-0.2, -0.15) is 0 Å². The van der Waals surface area contributed by atoms with Crippen LogP contribution in [0.4, 0.5) is 0 Å². The molecule has 76 valence electrons. The molecule has 0 aromatic rings. The van der Waals surface area contributed by atoms with Crippen molar-refractivity contribution in [2.75, 3.05) is 26.2 Å². The van der Waals surface area contributed by atoms with E-state index in [0.717, 1.165) is 25.4 Å². The molecule has 0 saturated heterocycles. The number of hydrogen-bond acceptors (Lipinski definition) is 2. The summed E-state index contributed by atoms with van der Waals surface area (Å²) in [4.78, 5) is 2.54. The summed E-state index contributed by atoms with van der Waals surface area (Å²) in [5.41, 5.74) is 7.05. The third-order valence-electron chi connectivity index (χ3n) is 2.64. The SMILES string of the molecule is CC1=CCCN(CC(C)CCN)C1. The Kier molecular flexibility index (Phi) is 4.46. The second kappa shape index (κ2) is 5.40. The maximum Gasteiger partial charge on any atom is 0.0190 e. The van der Waals surface area contributed by atoms with Gasteiger partial charge in [0.2, 0.25) is 0 Å². The third-order valence-corrected chi connectivity index (χ3v) is 2.64. The average molecular weight is 182 g/mol. The van der Waals surface area contributed by atoms with Crippen molar-refractivity contribution < 1.29 is 0 Å². The van der Waals surface area contributed by atoms with Crippen LogP contribution in [0.25, 0.3) is 0 Å². The molecule has 2 heteroatoms. The molecule has 0 spiro atoms. The molecule has 1 heterocycles. The van der Waals surface area contributed by atoms with Crippen molar-refractivity contribution in [3.8, 4) is 0 Å². The molecule has 0 amide bonds. The predicted octanol–water partition coefficient (Wildman–Crippen LogP) is 1.62. The first-order valence-corrected chi connectivity index (χ1v) is 5.30. The summed E-state index contributed by atoms with van der Waals surface area (Å²) >= 11 is 0. The molecule has 2 nitrogen and oxygen atoms in total. The molecule has 0 aromatic heterocycles. The average Bonchev–Trinajstić information content (AvgIpc) is 2.04. The number of nitrogens with two attached hydrogens (primary N) is 1. The molecule has 0 saturated carbocycles. The van der Waals surface area contributed by atoms with Gasteiger partial charge >= 0.3 is 0 Å². The minimum Gasteiger partial charge on any atom is -0.330 e. The van der Waals surface area contributed by atoms with Crippen molar-refractivity contribution >= 4 is 0 Å². The van der Waals surface area contributed by atoms with E-state index in [4.69, 9.17) is 5.73 Å². The first-order valence-electron chi connectivity index (χ1n) is 5.30. The molecule has 0 aliphatic carbocycles. The van der Waals surface area contributed by atoms with E-state index in [1.54, 1.807) is 0 Å². The Labute approximate surface area is 81.8 Å². The molecule has 0 fully saturated rings. The lowest BCUT2D eigenvalue weighted by atomic mass is 10.1. The quantitative estimate of drug-likeness (QED) is 0.669. The van der Waals surface area contributed by atoms with Crippen LogP contribution in [-0.2, 0) is 0 Å². The van der Waals surface area contributed by atoms with Crippen molar-refractivity contribution in [3.63, 3.8) is 0 Å². The topological polar surface area (TPSA) is 29.3 Å². The Bertz CT molecular complexity index is 175.